The Morgan fingerprint density at radius 2 is 0.421 bits per heavy atom. The van der Waals surface area contributed by atoms with Crippen molar-refractivity contribution in [3.05, 3.63) is 253 Å². The second-order valence-corrected chi connectivity index (χ2v) is 21.7. The minimum absolute atomic E-state index is 0.0187. The molecule has 2 aliphatic rings. The van der Waals surface area contributed by atoms with Gasteiger partial charge in [0.25, 0.3) is 0 Å². The summed E-state index contributed by atoms with van der Waals surface area (Å²) in [6, 6.07) is 88.5. The van der Waals surface area contributed by atoms with E-state index in [0.29, 0.717) is 0 Å². The normalized spacial score (nSPS) is 13.9. The first-order chi connectivity index (χ1) is 37.5. The van der Waals surface area contributed by atoms with Crippen molar-refractivity contribution in [2.75, 3.05) is 0 Å². The van der Waals surface area contributed by atoms with Gasteiger partial charge in [0.2, 0.25) is 0 Å². The van der Waals surface area contributed by atoms with E-state index in [9.17, 15) is 0 Å². The Labute approximate surface area is 446 Å². The molecule has 0 amide bonds. The van der Waals surface area contributed by atoms with E-state index < -0.39 is 0 Å². The van der Waals surface area contributed by atoms with Crippen molar-refractivity contribution >= 4 is 64.6 Å². The van der Waals surface area contributed by atoms with E-state index in [0.717, 1.165) is 25.7 Å². The van der Waals surface area contributed by atoms with E-state index in [2.05, 4.69) is 258 Å². The van der Waals surface area contributed by atoms with Crippen molar-refractivity contribution in [1.82, 2.24) is 0 Å². The standard InChI is InChI=1S/C76H58/c1-5-75(6-2)65-39-23-21-25-49(65)51-43-41-47(45-67(51)75)69-53-27-9-13-31-57(53)71(58-32-14-10-28-54(58)69)73-61-35-17-19-37-63(61)74(64-38-20-18-36-62(64)73)72-59-33-15-11-29-55(59)70(56-30-12-16-34-60(56)72)48-42-44-52-50-26-22-24-40-66(50)76(7-3,8-4)68(52)46-48/h9-46H,5-8H2,1-4H3. The molecule has 15 rings (SSSR count). The highest BCUT2D eigenvalue weighted by Crippen LogP contribution is 2.58. The smallest absolute Gasteiger partial charge is 0.0210 e. The van der Waals surface area contributed by atoms with Gasteiger partial charge in [-0.3, -0.25) is 0 Å². The quantitative estimate of drug-likeness (QED) is 0.133. The molecule has 76 heavy (non-hydrogen) atoms. The molecule has 0 aliphatic heterocycles. The molecule has 0 bridgehead atoms. The molecule has 2 aliphatic carbocycles. The molecule has 0 radical (unpaired) electrons. The summed E-state index contributed by atoms with van der Waals surface area (Å²) in [5.74, 6) is 0. The summed E-state index contributed by atoms with van der Waals surface area (Å²) in [7, 11) is 0. The zero-order chi connectivity index (χ0) is 50.9. The van der Waals surface area contributed by atoms with Crippen molar-refractivity contribution in [3.63, 3.8) is 0 Å². The first-order valence-corrected chi connectivity index (χ1v) is 27.8. The van der Waals surface area contributed by atoms with Crippen molar-refractivity contribution in [2.24, 2.45) is 0 Å². The highest BCUT2D eigenvalue weighted by Gasteiger charge is 2.42. The monoisotopic (exact) mass is 970 g/mol. The zero-order valence-electron chi connectivity index (χ0n) is 43.8. The minimum atomic E-state index is -0.0187. The first-order valence-electron chi connectivity index (χ1n) is 27.8. The lowest BCUT2D eigenvalue weighted by Crippen LogP contribution is -2.23. The number of hydrogen-bond acceptors (Lipinski definition) is 0. The first kappa shape index (κ1) is 44.9. The molecular weight excluding hydrogens is 913 g/mol. The summed E-state index contributed by atoms with van der Waals surface area (Å²) < 4.78 is 0. The predicted molar refractivity (Wildman–Crippen MR) is 327 cm³/mol. The van der Waals surface area contributed by atoms with Gasteiger partial charge in [-0.25, -0.2) is 0 Å². The van der Waals surface area contributed by atoms with E-state index in [4.69, 9.17) is 0 Å². The highest BCUT2D eigenvalue weighted by atomic mass is 14.4. The average Bonchev–Trinajstić information content (AvgIpc) is 4.08. The van der Waals surface area contributed by atoms with E-state index >= 15 is 0 Å². The van der Waals surface area contributed by atoms with Gasteiger partial charge >= 0.3 is 0 Å². The topological polar surface area (TPSA) is 0 Å². The zero-order valence-corrected chi connectivity index (χ0v) is 43.8. The van der Waals surface area contributed by atoms with Crippen LogP contribution in [-0.2, 0) is 10.8 Å². The van der Waals surface area contributed by atoms with Crippen LogP contribution in [-0.4, -0.2) is 0 Å². The number of rotatable bonds is 8. The largest absolute Gasteiger partial charge is 0.0642 e. The second kappa shape index (κ2) is 17.0. The molecule has 0 fully saturated rings. The van der Waals surface area contributed by atoms with Crippen LogP contribution in [0.2, 0.25) is 0 Å². The molecule has 0 atom stereocenters. The van der Waals surface area contributed by atoms with Crippen molar-refractivity contribution in [2.45, 2.75) is 64.2 Å². The predicted octanol–water partition coefficient (Wildman–Crippen LogP) is 21.4. The minimum Gasteiger partial charge on any atom is -0.0642 e. The molecule has 0 saturated carbocycles. The van der Waals surface area contributed by atoms with Crippen molar-refractivity contribution in [3.8, 4) is 66.8 Å². The molecule has 0 N–H and O–H groups in total. The second-order valence-electron chi connectivity index (χ2n) is 21.7. The molecule has 0 spiro atoms. The summed E-state index contributed by atoms with van der Waals surface area (Å²) in [6.45, 7) is 9.49. The lowest BCUT2D eigenvalue weighted by Gasteiger charge is -2.30. The number of benzene rings is 13. The van der Waals surface area contributed by atoms with Gasteiger partial charge in [0.05, 0.1) is 0 Å². The molecule has 0 heterocycles. The van der Waals surface area contributed by atoms with Crippen LogP contribution in [0.4, 0.5) is 0 Å². The van der Waals surface area contributed by atoms with Crippen LogP contribution < -0.4 is 0 Å². The average molecular weight is 971 g/mol. The van der Waals surface area contributed by atoms with Gasteiger partial charge in [-0.15, -0.1) is 0 Å². The van der Waals surface area contributed by atoms with E-state index in [-0.39, 0.29) is 10.8 Å². The lowest BCUT2D eigenvalue weighted by molar-refractivity contribution is 0.490. The molecular formula is C76H58. The van der Waals surface area contributed by atoms with Gasteiger partial charge in [-0.05, 0) is 191 Å². The van der Waals surface area contributed by atoms with Gasteiger partial charge in [-0.1, -0.05) is 246 Å². The maximum atomic E-state index is 2.56. The van der Waals surface area contributed by atoms with E-state index in [1.165, 1.54) is 154 Å². The third-order valence-electron chi connectivity index (χ3n) is 18.8. The maximum absolute atomic E-state index is 2.56. The number of hydrogen-bond donors (Lipinski definition) is 0. The fourth-order valence-electron chi connectivity index (χ4n) is 15.3. The van der Waals surface area contributed by atoms with Crippen LogP contribution in [0.15, 0.2) is 231 Å². The van der Waals surface area contributed by atoms with E-state index in [1.54, 1.807) is 0 Å². The van der Waals surface area contributed by atoms with Crippen LogP contribution in [0.3, 0.4) is 0 Å². The van der Waals surface area contributed by atoms with Crippen LogP contribution in [0.25, 0.3) is 131 Å². The van der Waals surface area contributed by atoms with Gasteiger partial charge in [0.15, 0.2) is 0 Å². The third-order valence-corrected chi connectivity index (χ3v) is 18.8. The summed E-state index contributed by atoms with van der Waals surface area (Å²) in [4.78, 5) is 0. The molecule has 0 saturated heterocycles. The Hall–Kier alpha value is -8.58. The Morgan fingerprint density at radius 3 is 0.671 bits per heavy atom. The van der Waals surface area contributed by atoms with Gasteiger partial charge in [0, 0.05) is 10.8 Å². The Morgan fingerprint density at radius 1 is 0.211 bits per heavy atom. The molecule has 0 unspecified atom stereocenters. The van der Waals surface area contributed by atoms with Gasteiger partial charge < -0.3 is 0 Å². The van der Waals surface area contributed by atoms with E-state index in [1.807, 2.05) is 0 Å². The van der Waals surface area contributed by atoms with Gasteiger partial charge in [-0.2, -0.15) is 0 Å². The van der Waals surface area contributed by atoms with Crippen molar-refractivity contribution in [1.29, 1.82) is 0 Å². The van der Waals surface area contributed by atoms with Gasteiger partial charge in [0.1, 0.15) is 0 Å². The lowest BCUT2D eigenvalue weighted by atomic mass is 9.73. The third kappa shape index (κ3) is 5.96. The SMILES string of the molecule is CCC1(CC)c2ccccc2-c2ccc(-c3c4ccccc4c(-c4c5ccccc5c(-c5c6ccccc6c(-c6ccc7c(c6)C(CC)(CC)c6ccccc6-7)c6ccccc56)c5ccccc45)c4ccccc34)cc21. The molecule has 0 aromatic heterocycles. The summed E-state index contributed by atoms with van der Waals surface area (Å²) in [6.07, 6.45) is 4.25. The fraction of sp³-hybridized carbons (Fsp3) is 0.132. The summed E-state index contributed by atoms with van der Waals surface area (Å²) in [5, 5.41) is 15.2. The maximum Gasteiger partial charge on any atom is 0.0210 e. The van der Waals surface area contributed by atoms with Crippen LogP contribution in [0, 0.1) is 0 Å². The van der Waals surface area contributed by atoms with Crippen LogP contribution in [0.5, 0.6) is 0 Å². The highest BCUT2D eigenvalue weighted by molar-refractivity contribution is 6.33. The Balaban J connectivity index is 0.998. The van der Waals surface area contributed by atoms with Crippen LogP contribution >= 0.6 is 0 Å². The molecule has 13 aromatic carbocycles. The molecule has 0 heteroatoms. The fourth-order valence-corrected chi connectivity index (χ4v) is 15.3. The molecule has 13 aromatic rings. The Kier molecular flexibility index (Phi) is 10.0. The Bertz CT molecular complexity index is 4110. The molecule has 0 nitrogen and oxygen atoms in total. The van der Waals surface area contributed by atoms with Crippen LogP contribution in [0.1, 0.15) is 75.6 Å². The number of fused-ring (bicyclic) bond motifs is 12. The molecule has 362 valence electrons. The van der Waals surface area contributed by atoms with Crippen molar-refractivity contribution < 1.29 is 0 Å². The summed E-state index contributed by atoms with van der Waals surface area (Å²) in [5.41, 5.74) is 21.7. The summed E-state index contributed by atoms with van der Waals surface area (Å²) >= 11 is 0.